The largest absolute Gasteiger partial charge is 0.480 e. The summed E-state index contributed by atoms with van der Waals surface area (Å²) in [7, 11) is -3.73. The zero-order valence-corrected chi connectivity index (χ0v) is 12.5. The van der Waals surface area contributed by atoms with Crippen LogP contribution in [0.3, 0.4) is 0 Å². The van der Waals surface area contributed by atoms with Gasteiger partial charge in [0.25, 0.3) is 0 Å². The number of nitrogens with zero attached hydrogens (tertiary/aromatic N) is 1. The molecule has 1 N–H and O–H groups in total. The van der Waals surface area contributed by atoms with Crippen LogP contribution in [0.5, 0.6) is 0 Å². The summed E-state index contributed by atoms with van der Waals surface area (Å²) in [4.78, 5) is 11.3. The molecule has 1 saturated heterocycles. The maximum atomic E-state index is 12.4. The molecule has 0 radical (unpaired) electrons. The molecule has 0 aliphatic carbocycles. The molecule has 0 bridgehead atoms. The van der Waals surface area contributed by atoms with E-state index in [4.69, 9.17) is 0 Å². The minimum atomic E-state index is -3.73. The monoisotopic (exact) mass is 309 g/mol. The van der Waals surface area contributed by atoms with E-state index in [2.05, 4.69) is 0 Å². The molecule has 0 saturated carbocycles. The summed E-state index contributed by atoms with van der Waals surface area (Å²) < 4.78 is 25.9. The average molecular weight is 309 g/mol. The van der Waals surface area contributed by atoms with Gasteiger partial charge in [-0.2, -0.15) is 4.31 Å². The van der Waals surface area contributed by atoms with Crippen molar-refractivity contribution in [2.24, 2.45) is 0 Å². The van der Waals surface area contributed by atoms with E-state index in [1.165, 1.54) is 6.08 Å². The number of carbonyl (C=O) groups is 1. The molecule has 1 unspecified atom stereocenters. The van der Waals surface area contributed by atoms with Crippen LogP contribution in [0, 0.1) is 0 Å². The van der Waals surface area contributed by atoms with Gasteiger partial charge in [-0.1, -0.05) is 43.2 Å². The van der Waals surface area contributed by atoms with E-state index in [9.17, 15) is 18.3 Å². The fraction of sp³-hybridized carbons (Fsp3) is 0.400. The maximum absolute atomic E-state index is 12.4. The van der Waals surface area contributed by atoms with Crippen molar-refractivity contribution in [1.82, 2.24) is 4.31 Å². The van der Waals surface area contributed by atoms with Crippen LogP contribution in [0.15, 0.2) is 35.7 Å². The summed E-state index contributed by atoms with van der Waals surface area (Å²) >= 11 is 0. The second-order valence-electron chi connectivity index (χ2n) is 5.07. The van der Waals surface area contributed by atoms with Crippen molar-refractivity contribution < 1.29 is 18.3 Å². The third-order valence-electron chi connectivity index (χ3n) is 3.55. The second kappa shape index (κ2) is 6.87. The predicted molar refractivity (Wildman–Crippen MR) is 81.0 cm³/mol. The number of carboxylic acids is 1. The highest BCUT2D eigenvalue weighted by molar-refractivity contribution is 7.92. The molecule has 0 aromatic heterocycles. The van der Waals surface area contributed by atoms with Gasteiger partial charge >= 0.3 is 5.97 Å². The van der Waals surface area contributed by atoms with Crippen LogP contribution in [-0.2, 0) is 14.8 Å². The van der Waals surface area contributed by atoms with Crippen molar-refractivity contribution in [1.29, 1.82) is 0 Å². The van der Waals surface area contributed by atoms with E-state index < -0.39 is 22.0 Å². The van der Waals surface area contributed by atoms with Gasteiger partial charge in [0.05, 0.1) is 0 Å². The fourth-order valence-electron chi connectivity index (χ4n) is 2.44. The van der Waals surface area contributed by atoms with Gasteiger partial charge < -0.3 is 5.11 Å². The standard InChI is InChI=1S/C15H19NO4S/c17-15(18)14-9-5-2-6-11-16(14)21(19,20)12-10-13-7-3-1-4-8-13/h1,3-4,7-8,10,12,14H,2,5-6,9,11H2,(H,17,18). The zero-order chi connectivity index (χ0) is 15.3. The van der Waals surface area contributed by atoms with Crippen molar-refractivity contribution in [2.45, 2.75) is 31.7 Å². The lowest BCUT2D eigenvalue weighted by atomic mass is 10.1. The maximum Gasteiger partial charge on any atom is 0.322 e. The Labute approximate surface area is 124 Å². The van der Waals surface area contributed by atoms with Crippen LogP contribution in [0.1, 0.15) is 31.2 Å². The van der Waals surface area contributed by atoms with Crippen molar-refractivity contribution in [3.8, 4) is 0 Å². The Morgan fingerprint density at radius 2 is 1.90 bits per heavy atom. The van der Waals surface area contributed by atoms with Crippen LogP contribution in [0.2, 0.25) is 0 Å². The van der Waals surface area contributed by atoms with E-state index in [0.717, 1.165) is 28.1 Å². The normalized spacial score (nSPS) is 21.2. The molecule has 0 amide bonds. The minimum absolute atomic E-state index is 0.262. The first-order valence-electron chi connectivity index (χ1n) is 6.98. The van der Waals surface area contributed by atoms with Crippen LogP contribution in [-0.4, -0.2) is 36.4 Å². The molecule has 114 valence electrons. The first-order valence-corrected chi connectivity index (χ1v) is 8.49. The second-order valence-corrected chi connectivity index (χ2v) is 6.84. The lowest BCUT2D eigenvalue weighted by molar-refractivity contribution is -0.141. The molecule has 0 spiro atoms. The molecule has 5 nitrogen and oxygen atoms in total. The summed E-state index contributed by atoms with van der Waals surface area (Å²) in [5.41, 5.74) is 0.766. The fourth-order valence-corrected chi connectivity index (χ4v) is 3.86. The van der Waals surface area contributed by atoms with Crippen LogP contribution >= 0.6 is 0 Å². The summed E-state index contributed by atoms with van der Waals surface area (Å²) in [6.45, 7) is 0.262. The molecule has 6 heteroatoms. The number of benzene rings is 1. The molecule has 1 aliphatic heterocycles. The molecule has 2 rings (SSSR count). The third kappa shape index (κ3) is 4.15. The van der Waals surface area contributed by atoms with E-state index in [0.29, 0.717) is 12.8 Å². The van der Waals surface area contributed by atoms with Gasteiger partial charge in [-0.3, -0.25) is 4.79 Å². The number of hydrogen-bond donors (Lipinski definition) is 1. The number of aliphatic carboxylic acids is 1. The Balaban J connectivity index is 2.23. The first-order chi connectivity index (χ1) is 10.0. The van der Waals surface area contributed by atoms with Gasteiger partial charge in [-0.25, -0.2) is 8.42 Å². The molecule has 21 heavy (non-hydrogen) atoms. The van der Waals surface area contributed by atoms with Crippen LogP contribution in [0.4, 0.5) is 0 Å². The summed E-state index contributed by atoms with van der Waals surface area (Å²) in [5, 5.41) is 10.4. The lowest BCUT2D eigenvalue weighted by Crippen LogP contribution is -2.43. The Kier molecular flexibility index (Phi) is 5.14. The van der Waals surface area contributed by atoms with Gasteiger partial charge in [0.1, 0.15) is 6.04 Å². The van der Waals surface area contributed by atoms with Gasteiger partial charge in [0, 0.05) is 12.0 Å². The Morgan fingerprint density at radius 1 is 1.19 bits per heavy atom. The molecule has 1 atom stereocenters. The van der Waals surface area contributed by atoms with E-state index in [1.807, 2.05) is 18.2 Å². The molecule has 1 fully saturated rings. The van der Waals surface area contributed by atoms with Crippen molar-refractivity contribution in [3.05, 3.63) is 41.3 Å². The predicted octanol–water partition coefficient (Wildman–Crippen LogP) is 2.32. The third-order valence-corrected chi connectivity index (χ3v) is 5.12. The highest BCUT2D eigenvalue weighted by Gasteiger charge is 2.34. The number of rotatable bonds is 4. The van der Waals surface area contributed by atoms with E-state index in [-0.39, 0.29) is 6.54 Å². The topological polar surface area (TPSA) is 74.7 Å². The van der Waals surface area contributed by atoms with Crippen molar-refractivity contribution in [3.63, 3.8) is 0 Å². The Morgan fingerprint density at radius 3 is 2.57 bits per heavy atom. The lowest BCUT2D eigenvalue weighted by Gasteiger charge is -2.24. The molecule has 1 aromatic rings. The summed E-state index contributed by atoms with van der Waals surface area (Å²) in [6.07, 6.45) is 4.17. The van der Waals surface area contributed by atoms with Gasteiger partial charge in [0.15, 0.2) is 0 Å². The highest BCUT2D eigenvalue weighted by atomic mass is 32.2. The Bertz CT molecular complexity index is 610. The number of sulfonamides is 1. The van der Waals surface area contributed by atoms with Crippen molar-refractivity contribution >= 4 is 22.1 Å². The quantitative estimate of drug-likeness (QED) is 0.926. The minimum Gasteiger partial charge on any atom is -0.480 e. The van der Waals surface area contributed by atoms with Gasteiger partial charge in [-0.05, 0) is 24.5 Å². The highest BCUT2D eigenvalue weighted by Crippen LogP contribution is 2.21. The molecule has 1 aliphatic rings. The molecule has 1 heterocycles. The number of carboxylic acid groups (broad SMARTS) is 1. The Hall–Kier alpha value is -1.66. The zero-order valence-electron chi connectivity index (χ0n) is 11.7. The van der Waals surface area contributed by atoms with Crippen LogP contribution < -0.4 is 0 Å². The SMILES string of the molecule is O=C(O)C1CCCCCN1S(=O)(=O)C=Cc1ccccc1. The molecule has 1 aromatic carbocycles. The molecular weight excluding hydrogens is 290 g/mol. The average Bonchev–Trinajstić information content (AvgIpc) is 2.73. The van der Waals surface area contributed by atoms with Gasteiger partial charge in [0.2, 0.25) is 10.0 Å². The summed E-state index contributed by atoms with van der Waals surface area (Å²) in [5.74, 6) is -1.08. The molecular formula is C15H19NO4S. The van der Waals surface area contributed by atoms with Crippen LogP contribution in [0.25, 0.3) is 6.08 Å². The number of hydrogen-bond acceptors (Lipinski definition) is 3. The summed E-state index contributed by atoms with van der Waals surface area (Å²) in [6, 6.07) is 8.11. The van der Waals surface area contributed by atoms with Crippen molar-refractivity contribution in [2.75, 3.05) is 6.54 Å². The smallest absolute Gasteiger partial charge is 0.322 e. The van der Waals surface area contributed by atoms with Gasteiger partial charge in [-0.15, -0.1) is 0 Å². The van der Waals surface area contributed by atoms with E-state index >= 15 is 0 Å². The van der Waals surface area contributed by atoms with E-state index in [1.54, 1.807) is 12.1 Å². The first kappa shape index (κ1) is 15.7.